The number of rotatable bonds is 7. The van der Waals surface area contributed by atoms with Crippen molar-refractivity contribution in [3.05, 3.63) is 11.9 Å². The van der Waals surface area contributed by atoms with Crippen molar-refractivity contribution in [3.63, 3.8) is 0 Å². The van der Waals surface area contributed by atoms with Gasteiger partial charge in [0, 0.05) is 42.1 Å². The molecule has 0 aliphatic heterocycles. The number of nitrogens with zero attached hydrogens (tertiary/aromatic N) is 2. The molecule has 1 N–H and O–H groups in total. The number of hydrogen-bond donors (Lipinski definition) is 1. The molecule has 1 aromatic rings. The van der Waals surface area contributed by atoms with Crippen LogP contribution < -0.4 is 5.32 Å². The molecule has 0 saturated carbocycles. The van der Waals surface area contributed by atoms with Gasteiger partial charge < -0.3 is 9.88 Å². The van der Waals surface area contributed by atoms with Crippen LogP contribution in [-0.2, 0) is 17.3 Å². The summed E-state index contributed by atoms with van der Waals surface area (Å²) < 4.78 is 13.0. The molecular weight excluding hydrogens is 222 g/mol. The Balaban J connectivity index is 2.42. The molecule has 0 spiro atoms. The van der Waals surface area contributed by atoms with Crippen molar-refractivity contribution in [1.82, 2.24) is 9.55 Å². The lowest BCUT2D eigenvalue weighted by Gasteiger charge is -2.07. The zero-order valence-electron chi connectivity index (χ0n) is 10.3. The Morgan fingerprint density at radius 1 is 1.56 bits per heavy atom. The maximum atomic E-state index is 10.9. The SMILES string of the molecule is CCCn1cc(C)nc1NCCCS(C)=O. The van der Waals surface area contributed by atoms with Crippen LogP contribution in [-0.4, -0.2) is 32.3 Å². The highest BCUT2D eigenvalue weighted by molar-refractivity contribution is 7.84. The van der Waals surface area contributed by atoms with E-state index >= 15 is 0 Å². The van der Waals surface area contributed by atoms with E-state index in [0.717, 1.165) is 43.3 Å². The third-order valence-corrected chi connectivity index (χ3v) is 3.12. The van der Waals surface area contributed by atoms with E-state index in [4.69, 9.17) is 0 Å². The molecule has 5 heteroatoms. The van der Waals surface area contributed by atoms with Gasteiger partial charge in [-0.2, -0.15) is 0 Å². The second kappa shape index (κ2) is 6.68. The molecule has 0 radical (unpaired) electrons. The lowest BCUT2D eigenvalue weighted by atomic mass is 10.4. The lowest BCUT2D eigenvalue weighted by molar-refractivity contribution is 0.678. The summed E-state index contributed by atoms with van der Waals surface area (Å²) in [5.41, 5.74) is 1.04. The van der Waals surface area contributed by atoms with Crippen molar-refractivity contribution >= 4 is 16.7 Å². The minimum absolute atomic E-state index is 0.694. The fourth-order valence-corrected chi connectivity index (χ4v) is 2.13. The van der Waals surface area contributed by atoms with E-state index in [-0.39, 0.29) is 0 Å². The molecule has 1 rings (SSSR count). The van der Waals surface area contributed by atoms with Crippen LogP contribution in [0.3, 0.4) is 0 Å². The number of nitrogens with one attached hydrogen (secondary N) is 1. The predicted molar refractivity (Wildman–Crippen MR) is 69.3 cm³/mol. The van der Waals surface area contributed by atoms with Gasteiger partial charge in [-0.05, 0) is 19.8 Å². The molecule has 0 amide bonds. The average molecular weight is 243 g/mol. The van der Waals surface area contributed by atoms with Crippen LogP contribution in [0.2, 0.25) is 0 Å². The number of aromatic nitrogens is 2. The summed E-state index contributed by atoms with van der Waals surface area (Å²) in [5.74, 6) is 1.68. The predicted octanol–water partition coefficient (Wildman–Crippen LogP) is 1.78. The third kappa shape index (κ3) is 4.35. The summed E-state index contributed by atoms with van der Waals surface area (Å²) in [6.45, 7) is 5.97. The molecular formula is C11H21N3OS. The molecule has 0 aromatic carbocycles. The van der Waals surface area contributed by atoms with Crippen LogP contribution in [0.4, 0.5) is 5.95 Å². The summed E-state index contributed by atoms with van der Waals surface area (Å²) in [5, 5.41) is 3.29. The summed E-state index contributed by atoms with van der Waals surface area (Å²) in [7, 11) is -0.694. The van der Waals surface area contributed by atoms with Crippen molar-refractivity contribution in [2.24, 2.45) is 0 Å². The standard InChI is InChI=1S/C11H21N3OS/c1-4-7-14-9-10(2)13-11(14)12-6-5-8-16(3)15/h9H,4-8H2,1-3H3,(H,12,13). The van der Waals surface area contributed by atoms with Gasteiger partial charge >= 0.3 is 0 Å². The second-order valence-corrected chi connectivity index (χ2v) is 5.51. The highest BCUT2D eigenvalue weighted by Crippen LogP contribution is 2.09. The summed E-state index contributed by atoms with van der Waals surface area (Å²) >= 11 is 0. The Bertz CT molecular complexity index is 349. The first-order valence-electron chi connectivity index (χ1n) is 5.71. The fourth-order valence-electron chi connectivity index (χ4n) is 1.57. The van der Waals surface area contributed by atoms with Gasteiger partial charge in [0.2, 0.25) is 5.95 Å². The van der Waals surface area contributed by atoms with Crippen LogP contribution in [0.25, 0.3) is 0 Å². The van der Waals surface area contributed by atoms with Gasteiger partial charge in [0.05, 0.1) is 5.69 Å². The minimum atomic E-state index is -0.694. The summed E-state index contributed by atoms with van der Waals surface area (Å²) in [6.07, 6.45) is 5.82. The molecule has 92 valence electrons. The van der Waals surface area contributed by atoms with Crippen molar-refractivity contribution in [1.29, 1.82) is 0 Å². The van der Waals surface area contributed by atoms with Gasteiger partial charge in [0.15, 0.2) is 0 Å². The van der Waals surface area contributed by atoms with E-state index in [1.807, 2.05) is 6.92 Å². The maximum Gasteiger partial charge on any atom is 0.203 e. The highest BCUT2D eigenvalue weighted by atomic mass is 32.2. The van der Waals surface area contributed by atoms with Gasteiger partial charge in [-0.15, -0.1) is 0 Å². The van der Waals surface area contributed by atoms with Crippen LogP contribution >= 0.6 is 0 Å². The number of anilines is 1. The number of hydrogen-bond acceptors (Lipinski definition) is 3. The molecule has 0 bridgehead atoms. The van der Waals surface area contributed by atoms with E-state index in [1.54, 1.807) is 6.26 Å². The van der Waals surface area contributed by atoms with Crippen molar-refractivity contribution in [2.45, 2.75) is 33.2 Å². The zero-order chi connectivity index (χ0) is 12.0. The van der Waals surface area contributed by atoms with Crippen LogP contribution in [0, 0.1) is 6.92 Å². The molecule has 0 fully saturated rings. The molecule has 1 unspecified atom stereocenters. The zero-order valence-corrected chi connectivity index (χ0v) is 11.1. The quantitative estimate of drug-likeness (QED) is 0.743. The minimum Gasteiger partial charge on any atom is -0.356 e. The number of imidazole rings is 1. The molecule has 1 atom stereocenters. The molecule has 1 aromatic heterocycles. The lowest BCUT2D eigenvalue weighted by Crippen LogP contribution is -2.10. The van der Waals surface area contributed by atoms with Crippen molar-refractivity contribution < 1.29 is 4.21 Å². The maximum absolute atomic E-state index is 10.9. The summed E-state index contributed by atoms with van der Waals surface area (Å²) in [6, 6.07) is 0. The smallest absolute Gasteiger partial charge is 0.203 e. The molecule has 0 aliphatic carbocycles. The van der Waals surface area contributed by atoms with E-state index in [9.17, 15) is 4.21 Å². The highest BCUT2D eigenvalue weighted by Gasteiger charge is 2.03. The second-order valence-electron chi connectivity index (χ2n) is 3.96. The Morgan fingerprint density at radius 3 is 2.94 bits per heavy atom. The first-order chi connectivity index (χ1) is 7.63. The Hall–Kier alpha value is -0.840. The molecule has 0 saturated heterocycles. The van der Waals surface area contributed by atoms with Gasteiger partial charge in [-0.3, -0.25) is 4.21 Å². The van der Waals surface area contributed by atoms with E-state index in [1.165, 1.54) is 0 Å². The van der Waals surface area contributed by atoms with Gasteiger partial charge in [-0.25, -0.2) is 4.98 Å². The molecule has 4 nitrogen and oxygen atoms in total. The fraction of sp³-hybridized carbons (Fsp3) is 0.727. The third-order valence-electron chi connectivity index (χ3n) is 2.25. The van der Waals surface area contributed by atoms with Crippen molar-refractivity contribution in [3.8, 4) is 0 Å². The Kier molecular flexibility index (Phi) is 5.52. The molecule has 0 aliphatic rings. The monoisotopic (exact) mass is 243 g/mol. The Morgan fingerprint density at radius 2 is 2.31 bits per heavy atom. The normalized spacial score (nSPS) is 12.7. The van der Waals surface area contributed by atoms with Crippen LogP contribution in [0.5, 0.6) is 0 Å². The van der Waals surface area contributed by atoms with Crippen molar-refractivity contribution in [2.75, 3.05) is 23.9 Å². The van der Waals surface area contributed by atoms with E-state index in [2.05, 4.69) is 28.0 Å². The first kappa shape index (κ1) is 13.2. The van der Waals surface area contributed by atoms with Crippen LogP contribution in [0.1, 0.15) is 25.5 Å². The van der Waals surface area contributed by atoms with Gasteiger partial charge in [-0.1, -0.05) is 6.92 Å². The van der Waals surface area contributed by atoms with Gasteiger partial charge in [0.25, 0.3) is 0 Å². The van der Waals surface area contributed by atoms with Crippen LogP contribution in [0.15, 0.2) is 6.20 Å². The molecule has 16 heavy (non-hydrogen) atoms. The molecule has 1 heterocycles. The van der Waals surface area contributed by atoms with E-state index < -0.39 is 10.8 Å². The Labute approximate surface area is 99.9 Å². The van der Waals surface area contributed by atoms with E-state index in [0.29, 0.717) is 0 Å². The summed E-state index contributed by atoms with van der Waals surface area (Å²) in [4.78, 5) is 4.42. The number of aryl methyl sites for hydroxylation is 2. The first-order valence-corrected chi connectivity index (χ1v) is 7.44. The topological polar surface area (TPSA) is 46.9 Å². The average Bonchev–Trinajstić information content (AvgIpc) is 2.54. The van der Waals surface area contributed by atoms with Gasteiger partial charge in [0.1, 0.15) is 0 Å². The largest absolute Gasteiger partial charge is 0.356 e.